The molecule has 1 fully saturated rings. The molecule has 2 heterocycles. The molecular formula is C21H19FN4O3. The van der Waals surface area contributed by atoms with Crippen LogP contribution in [0.5, 0.6) is 0 Å². The maximum atomic E-state index is 13.1. The summed E-state index contributed by atoms with van der Waals surface area (Å²) >= 11 is 0. The van der Waals surface area contributed by atoms with Crippen molar-refractivity contribution in [1.82, 2.24) is 10.2 Å². The molecule has 1 saturated heterocycles. The number of amides is 2. The highest BCUT2D eigenvalue weighted by molar-refractivity contribution is 6.03. The van der Waals surface area contributed by atoms with Crippen LogP contribution in [0.3, 0.4) is 0 Å². The van der Waals surface area contributed by atoms with Crippen molar-refractivity contribution in [3.8, 4) is 0 Å². The van der Waals surface area contributed by atoms with Gasteiger partial charge in [0, 0.05) is 24.2 Å². The smallest absolute Gasteiger partial charge is 0.322 e. The number of rotatable bonds is 5. The van der Waals surface area contributed by atoms with Gasteiger partial charge in [0.15, 0.2) is 0 Å². The Morgan fingerprint density at radius 1 is 1.17 bits per heavy atom. The van der Waals surface area contributed by atoms with Gasteiger partial charge in [0.2, 0.25) is 11.8 Å². The van der Waals surface area contributed by atoms with Gasteiger partial charge in [0.25, 0.3) is 5.91 Å². The van der Waals surface area contributed by atoms with Crippen molar-refractivity contribution in [3.63, 3.8) is 0 Å². The molecule has 4 rings (SSSR count). The van der Waals surface area contributed by atoms with E-state index >= 15 is 0 Å². The van der Waals surface area contributed by atoms with Crippen LogP contribution >= 0.6 is 0 Å². The van der Waals surface area contributed by atoms with Crippen LogP contribution in [0.2, 0.25) is 0 Å². The summed E-state index contributed by atoms with van der Waals surface area (Å²) in [6.07, 6.45) is 1.09. The molecular weight excluding hydrogens is 375 g/mol. The van der Waals surface area contributed by atoms with Crippen LogP contribution in [0.1, 0.15) is 41.1 Å². The lowest BCUT2D eigenvalue weighted by Gasteiger charge is -2.15. The van der Waals surface area contributed by atoms with Crippen LogP contribution in [-0.2, 0) is 11.2 Å². The molecule has 1 atom stereocenters. The number of aryl methyl sites for hydroxylation is 1. The van der Waals surface area contributed by atoms with Crippen LogP contribution in [0.15, 0.2) is 52.9 Å². The summed E-state index contributed by atoms with van der Waals surface area (Å²) in [7, 11) is 0. The van der Waals surface area contributed by atoms with Gasteiger partial charge in [-0.25, -0.2) is 4.39 Å². The van der Waals surface area contributed by atoms with Crippen LogP contribution < -0.4 is 10.2 Å². The third kappa shape index (κ3) is 4.01. The quantitative estimate of drug-likeness (QED) is 0.715. The number of aromatic nitrogens is 2. The van der Waals surface area contributed by atoms with E-state index in [-0.39, 0.29) is 41.9 Å². The Labute approximate surface area is 166 Å². The number of hydrogen-bond acceptors (Lipinski definition) is 5. The Kier molecular flexibility index (Phi) is 5.07. The minimum absolute atomic E-state index is 0.0164. The van der Waals surface area contributed by atoms with E-state index < -0.39 is 0 Å². The van der Waals surface area contributed by atoms with E-state index in [1.54, 1.807) is 29.2 Å². The molecule has 1 aliphatic heterocycles. The van der Waals surface area contributed by atoms with E-state index in [4.69, 9.17) is 4.42 Å². The molecule has 0 radical (unpaired) electrons. The van der Waals surface area contributed by atoms with E-state index in [0.29, 0.717) is 17.8 Å². The molecule has 1 aromatic heterocycles. The summed E-state index contributed by atoms with van der Waals surface area (Å²) in [5.41, 5.74) is 2.24. The fourth-order valence-electron chi connectivity index (χ4n) is 3.25. The lowest BCUT2D eigenvalue weighted by molar-refractivity contribution is -0.117. The number of hydrogen-bond donors (Lipinski definition) is 1. The van der Waals surface area contributed by atoms with E-state index in [1.807, 2.05) is 19.1 Å². The van der Waals surface area contributed by atoms with Gasteiger partial charge >= 0.3 is 6.01 Å². The first kappa shape index (κ1) is 18.8. The van der Waals surface area contributed by atoms with Gasteiger partial charge in [-0.2, -0.15) is 0 Å². The topological polar surface area (TPSA) is 88.3 Å². The predicted octanol–water partition coefficient (Wildman–Crippen LogP) is 3.54. The first-order valence-electron chi connectivity index (χ1n) is 9.33. The molecule has 0 aliphatic carbocycles. The molecule has 7 nitrogen and oxygen atoms in total. The number of carbonyl (C=O) groups is 2. The Balaban J connectivity index is 1.42. The van der Waals surface area contributed by atoms with Gasteiger partial charge in [-0.3, -0.25) is 14.9 Å². The molecule has 0 bridgehead atoms. The molecule has 1 N–H and O–H groups in total. The van der Waals surface area contributed by atoms with Gasteiger partial charge in [0.05, 0.1) is 5.92 Å². The van der Waals surface area contributed by atoms with E-state index in [2.05, 4.69) is 15.5 Å². The molecule has 0 spiro atoms. The lowest BCUT2D eigenvalue weighted by Crippen LogP contribution is -2.24. The van der Waals surface area contributed by atoms with Gasteiger partial charge in [-0.15, -0.1) is 5.10 Å². The average molecular weight is 394 g/mol. The summed E-state index contributed by atoms with van der Waals surface area (Å²) in [6, 6.07) is 13.0. The highest BCUT2D eigenvalue weighted by Gasteiger charge is 2.35. The first-order valence-corrected chi connectivity index (χ1v) is 9.33. The molecule has 8 heteroatoms. The minimum Gasteiger partial charge on any atom is -0.407 e. The zero-order valence-corrected chi connectivity index (χ0v) is 15.8. The van der Waals surface area contributed by atoms with Gasteiger partial charge in [-0.05, 0) is 48.4 Å². The van der Waals surface area contributed by atoms with Crippen molar-refractivity contribution < 1.29 is 18.4 Å². The summed E-state index contributed by atoms with van der Waals surface area (Å²) in [6.45, 7) is 2.39. The molecule has 1 aliphatic rings. The van der Waals surface area contributed by atoms with Crippen LogP contribution in [-0.4, -0.2) is 28.6 Å². The fraction of sp³-hybridized carbons (Fsp3) is 0.238. The number of nitrogens with zero attached hydrogens (tertiary/aromatic N) is 3. The van der Waals surface area contributed by atoms with Gasteiger partial charge in [0.1, 0.15) is 5.82 Å². The van der Waals surface area contributed by atoms with Crippen molar-refractivity contribution in [2.24, 2.45) is 0 Å². The highest BCUT2D eigenvalue weighted by atomic mass is 19.1. The first-order chi connectivity index (χ1) is 14.0. The summed E-state index contributed by atoms with van der Waals surface area (Å²) in [5.74, 6) is -0.840. The number of carbonyl (C=O) groups excluding carboxylic acids is 2. The monoisotopic (exact) mass is 394 g/mol. The molecule has 148 valence electrons. The molecule has 2 aromatic carbocycles. The van der Waals surface area contributed by atoms with Crippen molar-refractivity contribution in [3.05, 3.63) is 71.4 Å². The van der Waals surface area contributed by atoms with Crippen molar-refractivity contribution in [1.29, 1.82) is 0 Å². The Morgan fingerprint density at radius 3 is 2.59 bits per heavy atom. The average Bonchev–Trinajstić information content (AvgIpc) is 3.35. The van der Waals surface area contributed by atoms with E-state index in [9.17, 15) is 14.0 Å². The molecule has 29 heavy (non-hydrogen) atoms. The van der Waals surface area contributed by atoms with Crippen LogP contribution in [0.25, 0.3) is 0 Å². The van der Waals surface area contributed by atoms with Crippen molar-refractivity contribution in [2.75, 3.05) is 16.8 Å². The number of anilines is 2. The minimum atomic E-state index is -0.362. The highest BCUT2D eigenvalue weighted by Crippen LogP contribution is 2.31. The largest absolute Gasteiger partial charge is 0.407 e. The summed E-state index contributed by atoms with van der Waals surface area (Å²) in [5, 5.41) is 10.4. The third-order valence-corrected chi connectivity index (χ3v) is 4.90. The molecule has 0 saturated carbocycles. The maximum absolute atomic E-state index is 13.1. The van der Waals surface area contributed by atoms with Crippen LogP contribution in [0.4, 0.5) is 16.1 Å². The van der Waals surface area contributed by atoms with Crippen molar-refractivity contribution >= 4 is 23.5 Å². The van der Waals surface area contributed by atoms with Gasteiger partial charge < -0.3 is 9.32 Å². The van der Waals surface area contributed by atoms with E-state index in [0.717, 1.165) is 12.0 Å². The SMILES string of the molecule is CCc1ccc(C(=O)Nc2nnc([C@H]3CC(=O)N(c4ccc(F)cc4)C3)o2)cc1. The second kappa shape index (κ2) is 7.83. The van der Waals surface area contributed by atoms with Crippen LogP contribution in [0, 0.1) is 5.82 Å². The second-order valence-corrected chi connectivity index (χ2v) is 6.83. The van der Waals surface area contributed by atoms with Crippen molar-refractivity contribution in [2.45, 2.75) is 25.7 Å². The third-order valence-electron chi connectivity index (χ3n) is 4.90. The fourth-order valence-corrected chi connectivity index (χ4v) is 3.25. The second-order valence-electron chi connectivity index (χ2n) is 6.83. The zero-order chi connectivity index (χ0) is 20.4. The number of halogens is 1. The van der Waals surface area contributed by atoms with Gasteiger partial charge in [-0.1, -0.05) is 24.2 Å². The Hall–Kier alpha value is -3.55. The summed E-state index contributed by atoms with van der Waals surface area (Å²) in [4.78, 5) is 26.2. The zero-order valence-electron chi connectivity index (χ0n) is 15.8. The van der Waals surface area contributed by atoms with E-state index in [1.165, 1.54) is 12.1 Å². The predicted molar refractivity (Wildman–Crippen MR) is 104 cm³/mol. The number of nitrogens with one attached hydrogen (secondary N) is 1. The molecule has 2 amide bonds. The molecule has 0 unspecified atom stereocenters. The Bertz CT molecular complexity index is 1030. The Morgan fingerprint density at radius 2 is 1.90 bits per heavy atom. The summed E-state index contributed by atoms with van der Waals surface area (Å²) < 4.78 is 18.7. The number of benzene rings is 2. The normalized spacial score (nSPS) is 16.3. The molecule has 3 aromatic rings. The maximum Gasteiger partial charge on any atom is 0.322 e. The standard InChI is InChI=1S/C21H19FN4O3/c1-2-13-3-5-14(6-4-13)19(28)23-21-25-24-20(29-21)15-11-18(27)26(12-15)17-9-7-16(22)8-10-17/h3-10,15H,2,11-12H2,1H3,(H,23,25,28)/t15-/m0/s1. The lowest BCUT2D eigenvalue weighted by atomic mass is 10.1.